The quantitative estimate of drug-likeness (QED) is 0.432. The molecule has 0 aliphatic heterocycles. The van der Waals surface area contributed by atoms with Crippen molar-refractivity contribution in [2.24, 2.45) is 0 Å². The summed E-state index contributed by atoms with van der Waals surface area (Å²) in [5.74, 6) is 0. The van der Waals surface area contributed by atoms with Crippen LogP contribution in [0.5, 0.6) is 0 Å². The molecule has 0 bridgehead atoms. The van der Waals surface area contributed by atoms with E-state index in [1.165, 1.54) is 0 Å². The Kier molecular flexibility index (Phi) is 6.89. The Morgan fingerprint density at radius 1 is 1.14 bits per heavy atom. The fraction of sp³-hybridized carbons (Fsp3) is 1.00. The minimum atomic E-state index is -0.948. The van der Waals surface area contributed by atoms with Crippen LogP contribution in [0, 0.1) is 0 Å². The summed E-state index contributed by atoms with van der Waals surface area (Å²) in [5.41, 5.74) is 0. The Balaban J connectivity index is 2.45. The Labute approximate surface area is 51.3 Å². The topological polar surface area (TPSA) is 18.5 Å². The minimum absolute atomic E-state index is 0.819. The number of rotatable bonds is 4. The van der Waals surface area contributed by atoms with Crippen LogP contribution in [0.15, 0.2) is 0 Å². The maximum absolute atomic E-state index is 5.04. The van der Waals surface area contributed by atoms with E-state index in [-0.39, 0.29) is 0 Å². The van der Waals surface area contributed by atoms with Crippen molar-refractivity contribution in [3.05, 3.63) is 0 Å². The molecule has 0 fully saturated rings. The Hall–Kier alpha value is 0.463. The first-order chi connectivity index (χ1) is 3.41. The summed E-state index contributed by atoms with van der Waals surface area (Å²) in [7, 11) is 0. The SMILES string of the molecule is CC[O][GeH2][O]CC. The van der Waals surface area contributed by atoms with Crippen molar-refractivity contribution in [2.75, 3.05) is 13.2 Å². The van der Waals surface area contributed by atoms with Crippen LogP contribution in [-0.4, -0.2) is 29.3 Å². The summed E-state index contributed by atoms with van der Waals surface area (Å²) in [5, 5.41) is 0. The normalized spacial score (nSPS) is 9.43. The molecule has 44 valence electrons. The molecule has 0 atom stereocenters. The summed E-state index contributed by atoms with van der Waals surface area (Å²) in [6.45, 7) is 5.62. The first kappa shape index (κ1) is 7.46. The third-order valence-electron chi connectivity index (χ3n) is 0.575. The van der Waals surface area contributed by atoms with Gasteiger partial charge in [0.25, 0.3) is 0 Å². The van der Waals surface area contributed by atoms with E-state index < -0.39 is 16.1 Å². The average molecular weight is 165 g/mol. The Morgan fingerprint density at radius 3 is 1.86 bits per heavy atom. The van der Waals surface area contributed by atoms with Gasteiger partial charge in [-0.3, -0.25) is 0 Å². The van der Waals surface area contributed by atoms with E-state index in [1.807, 2.05) is 13.8 Å². The summed E-state index contributed by atoms with van der Waals surface area (Å²) >= 11 is -0.948. The van der Waals surface area contributed by atoms with Gasteiger partial charge in [0.2, 0.25) is 0 Å². The van der Waals surface area contributed by atoms with Gasteiger partial charge in [0.15, 0.2) is 0 Å². The van der Waals surface area contributed by atoms with Crippen LogP contribution in [0.3, 0.4) is 0 Å². The van der Waals surface area contributed by atoms with Gasteiger partial charge < -0.3 is 0 Å². The van der Waals surface area contributed by atoms with Gasteiger partial charge in [-0.25, -0.2) is 0 Å². The predicted molar refractivity (Wildman–Crippen MR) is 31.8 cm³/mol. The van der Waals surface area contributed by atoms with Crippen molar-refractivity contribution in [3.63, 3.8) is 0 Å². The molecule has 0 heterocycles. The van der Waals surface area contributed by atoms with Gasteiger partial charge in [-0.2, -0.15) is 0 Å². The first-order valence-electron chi connectivity index (χ1n) is 2.57. The fourth-order valence-electron chi connectivity index (χ4n) is 0.226. The van der Waals surface area contributed by atoms with Gasteiger partial charge in [0.05, 0.1) is 0 Å². The maximum atomic E-state index is 5.04. The van der Waals surface area contributed by atoms with E-state index in [0.717, 1.165) is 13.2 Å². The third kappa shape index (κ3) is 6.46. The standard InChI is InChI=1S/C4H12GeO2/c1-3-6-5-7-4-2/h3-5H2,1-2H3. The van der Waals surface area contributed by atoms with Crippen LogP contribution in [0.1, 0.15) is 13.8 Å². The second-order valence-electron chi connectivity index (χ2n) is 1.10. The van der Waals surface area contributed by atoms with Gasteiger partial charge in [0.1, 0.15) is 0 Å². The zero-order valence-electron chi connectivity index (χ0n) is 4.94. The molecule has 0 unspecified atom stereocenters. The number of hydrogen-bond acceptors (Lipinski definition) is 2. The van der Waals surface area contributed by atoms with Gasteiger partial charge >= 0.3 is 50.7 Å². The third-order valence-corrected chi connectivity index (χ3v) is 2.99. The summed E-state index contributed by atoms with van der Waals surface area (Å²) in [6.07, 6.45) is 0. The molecular formula is C4H12GeO2. The van der Waals surface area contributed by atoms with Crippen molar-refractivity contribution >= 4 is 16.1 Å². The Bertz CT molecular complexity index is 28.9. The zero-order valence-corrected chi connectivity index (χ0v) is 7.90. The second-order valence-corrected chi connectivity index (χ2v) is 3.31. The van der Waals surface area contributed by atoms with E-state index in [9.17, 15) is 0 Å². The molecule has 0 aliphatic carbocycles. The van der Waals surface area contributed by atoms with Crippen LogP contribution in [0.4, 0.5) is 0 Å². The van der Waals surface area contributed by atoms with Crippen LogP contribution in [0.25, 0.3) is 0 Å². The fourth-order valence-corrected chi connectivity index (χ4v) is 1.17. The summed E-state index contributed by atoms with van der Waals surface area (Å²) in [6, 6.07) is 0. The van der Waals surface area contributed by atoms with E-state index >= 15 is 0 Å². The first-order valence-corrected chi connectivity index (χ1v) is 4.99. The summed E-state index contributed by atoms with van der Waals surface area (Å²) in [4.78, 5) is 0. The average Bonchev–Trinajstić information content (AvgIpc) is 1.69. The van der Waals surface area contributed by atoms with Crippen molar-refractivity contribution in [1.29, 1.82) is 0 Å². The molecule has 0 saturated heterocycles. The van der Waals surface area contributed by atoms with Crippen molar-refractivity contribution in [1.82, 2.24) is 0 Å². The second kappa shape index (κ2) is 6.46. The molecule has 0 amide bonds. The van der Waals surface area contributed by atoms with E-state index in [2.05, 4.69) is 0 Å². The molecule has 0 radical (unpaired) electrons. The molecule has 0 aromatic carbocycles. The van der Waals surface area contributed by atoms with Crippen LogP contribution in [-0.2, 0) is 7.53 Å². The van der Waals surface area contributed by atoms with Crippen LogP contribution < -0.4 is 0 Å². The Morgan fingerprint density at radius 2 is 1.57 bits per heavy atom. The number of hydrogen-bond donors (Lipinski definition) is 0. The zero-order chi connectivity index (χ0) is 5.54. The van der Waals surface area contributed by atoms with E-state index in [4.69, 9.17) is 7.53 Å². The van der Waals surface area contributed by atoms with Crippen LogP contribution in [0.2, 0.25) is 0 Å². The van der Waals surface area contributed by atoms with Gasteiger partial charge in [-0.15, -0.1) is 0 Å². The van der Waals surface area contributed by atoms with E-state index in [0.29, 0.717) is 0 Å². The molecule has 2 nitrogen and oxygen atoms in total. The molecule has 7 heavy (non-hydrogen) atoms. The molecule has 0 aliphatic rings. The predicted octanol–water partition coefficient (Wildman–Crippen LogP) is 0.0582. The molecule has 0 aromatic heterocycles. The van der Waals surface area contributed by atoms with Gasteiger partial charge in [-0.1, -0.05) is 0 Å². The van der Waals surface area contributed by atoms with Gasteiger partial charge in [-0.05, 0) is 0 Å². The molecular weight excluding hydrogens is 153 g/mol. The molecule has 0 N–H and O–H groups in total. The van der Waals surface area contributed by atoms with Crippen molar-refractivity contribution in [2.45, 2.75) is 13.8 Å². The molecule has 0 spiro atoms. The molecule has 0 rings (SSSR count). The molecule has 0 saturated carbocycles. The van der Waals surface area contributed by atoms with E-state index in [1.54, 1.807) is 0 Å². The van der Waals surface area contributed by atoms with Crippen molar-refractivity contribution in [3.8, 4) is 0 Å². The molecule has 0 aromatic rings. The summed E-state index contributed by atoms with van der Waals surface area (Å²) < 4.78 is 10.1. The monoisotopic (exact) mass is 166 g/mol. The van der Waals surface area contributed by atoms with Gasteiger partial charge in [0, 0.05) is 0 Å². The van der Waals surface area contributed by atoms with Crippen LogP contribution >= 0.6 is 0 Å². The van der Waals surface area contributed by atoms with Crippen molar-refractivity contribution < 1.29 is 7.53 Å². The molecule has 3 heteroatoms.